The molecule has 1 aromatic carbocycles. The molecule has 122 valence electrons. The van der Waals surface area contributed by atoms with Crippen LogP contribution in [-0.4, -0.2) is 33.5 Å². The van der Waals surface area contributed by atoms with Crippen molar-refractivity contribution in [1.29, 1.82) is 0 Å². The fourth-order valence-corrected chi connectivity index (χ4v) is 3.40. The summed E-state index contributed by atoms with van der Waals surface area (Å²) in [6.07, 6.45) is 4.27. The molecule has 0 fully saturated rings. The molecule has 1 aromatic rings. The molecule has 0 bridgehead atoms. The molecule has 2 unspecified atom stereocenters. The van der Waals surface area contributed by atoms with Gasteiger partial charge in [0.2, 0.25) is 0 Å². The first-order chi connectivity index (χ1) is 10.5. The molecule has 0 saturated carbocycles. The standard InChI is InChI=1S/C18H26O4/c1-12-6-7-13-4-2-3-5-17(13)16(12)9-8-14(19)10-15(20)11-18(21)22/h6-7,14-15,19-20H,2-5,8-11H2,1H3,(H,21,22). The first-order valence-corrected chi connectivity index (χ1v) is 8.15. The average Bonchev–Trinajstić information content (AvgIpc) is 2.45. The topological polar surface area (TPSA) is 77.8 Å². The number of hydrogen-bond acceptors (Lipinski definition) is 3. The lowest BCUT2D eigenvalue weighted by Gasteiger charge is -2.22. The van der Waals surface area contributed by atoms with Crippen LogP contribution in [0.15, 0.2) is 12.1 Å². The van der Waals surface area contributed by atoms with Crippen molar-refractivity contribution in [2.24, 2.45) is 0 Å². The molecule has 0 heterocycles. The van der Waals surface area contributed by atoms with Gasteiger partial charge in [-0.25, -0.2) is 0 Å². The fraction of sp³-hybridized carbons (Fsp3) is 0.611. The van der Waals surface area contributed by atoms with Gasteiger partial charge in [-0.2, -0.15) is 0 Å². The maximum absolute atomic E-state index is 10.5. The van der Waals surface area contributed by atoms with E-state index in [0.29, 0.717) is 6.42 Å². The zero-order valence-corrected chi connectivity index (χ0v) is 13.2. The van der Waals surface area contributed by atoms with Gasteiger partial charge in [0, 0.05) is 0 Å². The van der Waals surface area contributed by atoms with Crippen LogP contribution in [0.5, 0.6) is 0 Å². The van der Waals surface area contributed by atoms with E-state index in [0.717, 1.165) is 19.3 Å². The minimum atomic E-state index is -1.03. The summed E-state index contributed by atoms with van der Waals surface area (Å²) in [7, 11) is 0. The van der Waals surface area contributed by atoms with Gasteiger partial charge >= 0.3 is 5.97 Å². The molecule has 0 amide bonds. The number of benzene rings is 1. The Bertz CT molecular complexity index is 524. The summed E-state index contributed by atoms with van der Waals surface area (Å²) in [6, 6.07) is 4.38. The molecule has 0 radical (unpaired) electrons. The first kappa shape index (κ1) is 17.0. The highest BCUT2D eigenvalue weighted by molar-refractivity contribution is 5.67. The van der Waals surface area contributed by atoms with E-state index in [4.69, 9.17) is 5.11 Å². The number of fused-ring (bicyclic) bond motifs is 1. The van der Waals surface area contributed by atoms with Gasteiger partial charge in [0.1, 0.15) is 0 Å². The second-order valence-electron chi connectivity index (χ2n) is 6.39. The Morgan fingerprint density at radius 3 is 2.64 bits per heavy atom. The van der Waals surface area contributed by atoms with E-state index in [-0.39, 0.29) is 12.8 Å². The van der Waals surface area contributed by atoms with Crippen molar-refractivity contribution < 1.29 is 20.1 Å². The first-order valence-electron chi connectivity index (χ1n) is 8.15. The third-order valence-electron chi connectivity index (χ3n) is 4.57. The van der Waals surface area contributed by atoms with Crippen LogP contribution in [0, 0.1) is 6.92 Å². The zero-order chi connectivity index (χ0) is 16.1. The summed E-state index contributed by atoms with van der Waals surface area (Å²) in [6.45, 7) is 2.11. The number of carboxylic acids is 1. The lowest BCUT2D eigenvalue weighted by molar-refractivity contribution is -0.139. The predicted octanol–water partition coefficient (Wildman–Crippen LogP) is 2.39. The molecule has 0 aliphatic heterocycles. The van der Waals surface area contributed by atoms with Crippen molar-refractivity contribution in [2.75, 3.05) is 0 Å². The number of aryl methyl sites for hydroxylation is 2. The lowest BCUT2D eigenvalue weighted by Crippen LogP contribution is -2.21. The molecule has 2 rings (SSSR count). The van der Waals surface area contributed by atoms with E-state index >= 15 is 0 Å². The summed E-state index contributed by atoms with van der Waals surface area (Å²) in [4.78, 5) is 10.5. The second kappa shape index (κ2) is 7.75. The third-order valence-corrected chi connectivity index (χ3v) is 4.57. The minimum absolute atomic E-state index is 0.125. The van der Waals surface area contributed by atoms with Crippen LogP contribution >= 0.6 is 0 Å². The lowest BCUT2D eigenvalue weighted by atomic mass is 9.84. The van der Waals surface area contributed by atoms with Crippen molar-refractivity contribution in [3.63, 3.8) is 0 Å². The summed E-state index contributed by atoms with van der Waals surface area (Å²) < 4.78 is 0. The van der Waals surface area contributed by atoms with Gasteiger partial charge in [-0.1, -0.05) is 12.1 Å². The van der Waals surface area contributed by atoms with E-state index in [1.54, 1.807) is 0 Å². The number of aliphatic hydroxyl groups is 2. The van der Waals surface area contributed by atoms with E-state index in [2.05, 4.69) is 19.1 Å². The van der Waals surface area contributed by atoms with Crippen LogP contribution < -0.4 is 0 Å². The van der Waals surface area contributed by atoms with Gasteiger partial charge in [0.25, 0.3) is 0 Å². The highest BCUT2D eigenvalue weighted by Crippen LogP contribution is 2.28. The number of rotatable bonds is 7. The third kappa shape index (κ3) is 4.55. The van der Waals surface area contributed by atoms with Crippen LogP contribution in [0.1, 0.15) is 54.4 Å². The van der Waals surface area contributed by atoms with E-state index in [1.165, 1.54) is 35.1 Å². The van der Waals surface area contributed by atoms with Gasteiger partial charge in [0.05, 0.1) is 18.6 Å². The Hall–Kier alpha value is -1.39. The Morgan fingerprint density at radius 1 is 1.18 bits per heavy atom. The smallest absolute Gasteiger partial charge is 0.305 e. The summed E-state index contributed by atoms with van der Waals surface area (Å²) >= 11 is 0. The van der Waals surface area contributed by atoms with Gasteiger partial charge in [-0.15, -0.1) is 0 Å². The quantitative estimate of drug-likeness (QED) is 0.723. The minimum Gasteiger partial charge on any atom is -0.481 e. The molecular weight excluding hydrogens is 280 g/mol. The fourth-order valence-electron chi connectivity index (χ4n) is 3.40. The SMILES string of the molecule is Cc1ccc2c(c1CCC(O)CC(O)CC(=O)O)CCCC2. The van der Waals surface area contributed by atoms with Gasteiger partial charge in [0.15, 0.2) is 0 Å². The van der Waals surface area contributed by atoms with Crippen molar-refractivity contribution >= 4 is 5.97 Å². The highest BCUT2D eigenvalue weighted by Gasteiger charge is 2.18. The highest BCUT2D eigenvalue weighted by atomic mass is 16.4. The number of carboxylic acid groups (broad SMARTS) is 1. The summed E-state index contributed by atoms with van der Waals surface area (Å²) in [5.41, 5.74) is 5.49. The molecular formula is C18H26O4. The normalized spacial score (nSPS) is 16.9. The van der Waals surface area contributed by atoms with Crippen molar-refractivity contribution in [3.05, 3.63) is 34.4 Å². The van der Waals surface area contributed by atoms with Gasteiger partial charge < -0.3 is 15.3 Å². The van der Waals surface area contributed by atoms with E-state index in [1.807, 2.05) is 0 Å². The van der Waals surface area contributed by atoms with Gasteiger partial charge in [-0.3, -0.25) is 4.79 Å². The predicted molar refractivity (Wildman–Crippen MR) is 85.0 cm³/mol. The van der Waals surface area contributed by atoms with Crippen LogP contribution in [0.25, 0.3) is 0 Å². The molecule has 22 heavy (non-hydrogen) atoms. The second-order valence-corrected chi connectivity index (χ2v) is 6.39. The average molecular weight is 306 g/mol. The number of aliphatic carboxylic acids is 1. The number of hydrogen-bond donors (Lipinski definition) is 3. The molecule has 4 heteroatoms. The van der Waals surface area contributed by atoms with Crippen molar-refractivity contribution in [3.8, 4) is 0 Å². The zero-order valence-electron chi connectivity index (χ0n) is 13.2. The molecule has 2 atom stereocenters. The summed E-state index contributed by atoms with van der Waals surface area (Å²) in [5.74, 6) is -1.03. The molecule has 0 aromatic heterocycles. The Kier molecular flexibility index (Phi) is 5.98. The summed E-state index contributed by atoms with van der Waals surface area (Å²) in [5, 5.41) is 28.3. The molecule has 0 spiro atoms. The Labute approximate surface area is 131 Å². The van der Waals surface area contributed by atoms with Crippen molar-refractivity contribution in [2.45, 2.75) is 70.5 Å². The Balaban J connectivity index is 1.95. The Morgan fingerprint density at radius 2 is 1.91 bits per heavy atom. The van der Waals surface area contributed by atoms with Crippen LogP contribution in [-0.2, 0) is 24.1 Å². The van der Waals surface area contributed by atoms with Crippen LogP contribution in [0.4, 0.5) is 0 Å². The maximum Gasteiger partial charge on any atom is 0.305 e. The number of carbonyl (C=O) groups is 1. The molecule has 0 saturated heterocycles. The maximum atomic E-state index is 10.5. The molecule has 1 aliphatic rings. The van der Waals surface area contributed by atoms with E-state index in [9.17, 15) is 15.0 Å². The van der Waals surface area contributed by atoms with Gasteiger partial charge in [-0.05, 0) is 74.1 Å². The largest absolute Gasteiger partial charge is 0.481 e. The van der Waals surface area contributed by atoms with Crippen LogP contribution in [0.3, 0.4) is 0 Å². The molecule has 3 N–H and O–H groups in total. The van der Waals surface area contributed by atoms with Crippen molar-refractivity contribution in [1.82, 2.24) is 0 Å². The number of aliphatic hydroxyl groups excluding tert-OH is 2. The van der Waals surface area contributed by atoms with E-state index < -0.39 is 18.2 Å². The van der Waals surface area contributed by atoms with Crippen LogP contribution in [0.2, 0.25) is 0 Å². The molecule has 1 aliphatic carbocycles. The molecule has 4 nitrogen and oxygen atoms in total. The monoisotopic (exact) mass is 306 g/mol.